The SMILES string of the molecule is CC[Si](CC)(CC)O[C@H]1[C@@H](C)CC[C@H](O)/C(C)=C\CC(/C(C)=C/c2csc(C)n2)OC(=O)C[C@H](O[Si](CC)(CC)CC)C(C)(C)C(=O)[C@@H]1C. The molecule has 7 nitrogen and oxygen atoms in total. The molecule has 1 aliphatic heterocycles. The summed E-state index contributed by atoms with van der Waals surface area (Å²) in [4.78, 5) is 33.5. The summed E-state index contributed by atoms with van der Waals surface area (Å²) < 4.78 is 20.6. The predicted octanol–water partition coefficient (Wildman–Crippen LogP) is 10.3. The Balaban J connectivity index is 2.70. The maximum Gasteiger partial charge on any atom is 0.309 e. The Morgan fingerprint density at radius 3 is 2.04 bits per heavy atom. The van der Waals surface area contributed by atoms with E-state index in [4.69, 9.17) is 13.6 Å². The van der Waals surface area contributed by atoms with E-state index in [1.165, 1.54) is 0 Å². The molecule has 49 heavy (non-hydrogen) atoms. The molecule has 6 atom stereocenters. The number of carbonyl (C=O) groups excluding carboxylic acids is 2. The van der Waals surface area contributed by atoms with Crippen molar-refractivity contribution in [1.82, 2.24) is 4.98 Å². The molecule has 1 aromatic rings. The summed E-state index contributed by atoms with van der Waals surface area (Å²) in [7, 11) is -4.31. The zero-order valence-electron chi connectivity index (χ0n) is 33.1. The first-order valence-corrected chi connectivity index (χ1v) is 25.0. The number of aliphatic hydroxyl groups excluding tert-OH is 1. The third kappa shape index (κ3) is 11.5. The van der Waals surface area contributed by atoms with Gasteiger partial charge >= 0.3 is 5.97 Å². The van der Waals surface area contributed by atoms with Crippen LogP contribution in [0.4, 0.5) is 0 Å². The van der Waals surface area contributed by atoms with Crippen molar-refractivity contribution in [2.75, 3.05) is 0 Å². The highest BCUT2D eigenvalue weighted by atomic mass is 32.1. The lowest BCUT2D eigenvalue weighted by molar-refractivity contribution is -0.153. The molecule has 2 heterocycles. The number of Topliss-reactive ketones (excluding diaryl/α,β-unsaturated/α-hetero) is 1. The van der Waals surface area contributed by atoms with Gasteiger partial charge in [-0.2, -0.15) is 0 Å². The van der Waals surface area contributed by atoms with Gasteiger partial charge in [-0.15, -0.1) is 11.3 Å². The van der Waals surface area contributed by atoms with Crippen molar-refractivity contribution < 1.29 is 28.3 Å². The van der Waals surface area contributed by atoms with E-state index in [0.29, 0.717) is 12.8 Å². The van der Waals surface area contributed by atoms with E-state index in [9.17, 15) is 14.7 Å². The van der Waals surface area contributed by atoms with Crippen LogP contribution in [0.15, 0.2) is 22.6 Å². The van der Waals surface area contributed by atoms with Gasteiger partial charge in [0.1, 0.15) is 11.9 Å². The molecule has 0 saturated carbocycles. The Hall–Kier alpha value is -1.44. The highest BCUT2D eigenvalue weighted by Crippen LogP contribution is 2.40. The van der Waals surface area contributed by atoms with Gasteiger partial charge in [0, 0.05) is 23.1 Å². The minimum absolute atomic E-state index is 0.0102. The summed E-state index contributed by atoms with van der Waals surface area (Å²) in [6.45, 7) is 27.2. The maximum atomic E-state index is 14.9. The van der Waals surface area contributed by atoms with Gasteiger partial charge in [0.05, 0.1) is 35.4 Å². The topological polar surface area (TPSA) is 95.0 Å². The summed E-state index contributed by atoms with van der Waals surface area (Å²) in [6.07, 6.45) is 3.60. The molecular weight excluding hydrogens is 667 g/mol. The van der Waals surface area contributed by atoms with Crippen molar-refractivity contribution in [3.05, 3.63) is 33.3 Å². The minimum Gasteiger partial charge on any atom is -0.457 e. The van der Waals surface area contributed by atoms with E-state index in [-0.39, 0.29) is 30.2 Å². The molecule has 280 valence electrons. The maximum absolute atomic E-state index is 14.9. The standard InChI is InChI=1S/C39H69NO6SSi2/c1-14-48(15-2,16-3)45-35-25-36(42)44-34(29(9)24-32-26-47-31(11)40-32)23-21-27(7)33(41)22-20-28(8)37(30(10)38(43)39(35,12)13)46-49(17-4,18-5)19-6/h21,24,26,28,30,33-35,37,41H,14-20,22-23,25H2,1-13H3/b27-21-,29-24+/t28-,30+,33-,34?,35-,37-/m0/s1. The number of thiazole rings is 1. The lowest BCUT2D eigenvalue weighted by atomic mass is 9.73. The fraction of sp³-hybridized carbons (Fsp3) is 0.769. The van der Waals surface area contributed by atoms with Crippen molar-refractivity contribution in [2.45, 2.75) is 176 Å². The van der Waals surface area contributed by atoms with Gasteiger partial charge in [0.2, 0.25) is 0 Å². The molecule has 1 unspecified atom stereocenters. The normalized spacial score (nSPS) is 28.2. The first-order valence-electron chi connectivity index (χ1n) is 19.0. The van der Waals surface area contributed by atoms with Crippen LogP contribution in [0.1, 0.15) is 119 Å². The van der Waals surface area contributed by atoms with Gasteiger partial charge in [0.25, 0.3) is 0 Å². The number of nitrogens with zero attached hydrogens (tertiary/aromatic N) is 1. The zero-order chi connectivity index (χ0) is 37.2. The number of ketones is 1. The fourth-order valence-electron chi connectivity index (χ4n) is 7.34. The summed E-state index contributed by atoms with van der Waals surface area (Å²) in [5, 5.41) is 14.2. The van der Waals surface area contributed by atoms with Crippen LogP contribution < -0.4 is 0 Å². The Kier molecular flexibility index (Phi) is 17.3. The van der Waals surface area contributed by atoms with Gasteiger partial charge in [0.15, 0.2) is 16.6 Å². The molecule has 1 aromatic heterocycles. The quantitative estimate of drug-likeness (QED) is 0.130. The van der Waals surface area contributed by atoms with Gasteiger partial charge in [-0.3, -0.25) is 9.59 Å². The fourth-order valence-corrected chi connectivity index (χ4v) is 13.9. The van der Waals surface area contributed by atoms with Crippen LogP contribution in [0.5, 0.6) is 0 Å². The number of aromatic nitrogens is 1. The van der Waals surface area contributed by atoms with Crippen LogP contribution >= 0.6 is 11.3 Å². The van der Waals surface area contributed by atoms with E-state index in [2.05, 4.69) is 53.5 Å². The molecule has 0 aliphatic carbocycles. The summed E-state index contributed by atoms with van der Waals surface area (Å²) in [6, 6.07) is 5.71. The third-order valence-corrected chi connectivity index (χ3v) is 21.9. The number of aryl methyl sites for hydroxylation is 1. The molecular formula is C39H69NO6SSi2. The highest BCUT2D eigenvalue weighted by Gasteiger charge is 2.48. The molecule has 0 saturated heterocycles. The molecule has 1 N–H and O–H groups in total. The molecule has 2 rings (SSSR count). The molecule has 0 radical (unpaired) electrons. The summed E-state index contributed by atoms with van der Waals surface area (Å²) in [5.41, 5.74) is 1.61. The van der Waals surface area contributed by atoms with E-state index in [1.54, 1.807) is 11.3 Å². The number of hydrogen-bond acceptors (Lipinski definition) is 8. The van der Waals surface area contributed by atoms with Crippen LogP contribution in [0.25, 0.3) is 6.08 Å². The van der Waals surface area contributed by atoms with E-state index in [0.717, 1.165) is 64.5 Å². The molecule has 10 heteroatoms. The average molecular weight is 736 g/mol. The number of rotatable bonds is 12. The highest BCUT2D eigenvalue weighted by molar-refractivity contribution is 7.09. The number of esters is 1. The first-order chi connectivity index (χ1) is 23.0. The van der Waals surface area contributed by atoms with Crippen molar-refractivity contribution >= 4 is 45.8 Å². The van der Waals surface area contributed by atoms with Crippen LogP contribution in [0.2, 0.25) is 36.3 Å². The number of carbonyl (C=O) groups is 2. The summed E-state index contributed by atoms with van der Waals surface area (Å²) in [5.74, 6) is -0.673. The lowest BCUT2D eigenvalue weighted by Crippen LogP contribution is -2.53. The molecule has 0 bridgehead atoms. The minimum atomic E-state index is -2.23. The Bertz CT molecular complexity index is 1250. The van der Waals surface area contributed by atoms with Gasteiger partial charge in [-0.05, 0) is 93.0 Å². The van der Waals surface area contributed by atoms with Gasteiger partial charge in [-0.1, -0.05) is 75.3 Å². The molecule has 0 spiro atoms. The van der Waals surface area contributed by atoms with E-state index >= 15 is 0 Å². The molecule has 0 aromatic carbocycles. The van der Waals surface area contributed by atoms with Crippen molar-refractivity contribution in [3.8, 4) is 0 Å². The van der Waals surface area contributed by atoms with Crippen LogP contribution in [-0.2, 0) is 23.2 Å². The number of ether oxygens (including phenoxy) is 1. The molecule has 0 fully saturated rings. The van der Waals surface area contributed by atoms with Gasteiger partial charge < -0.3 is 18.7 Å². The second-order valence-electron chi connectivity index (χ2n) is 15.2. The van der Waals surface area contributed by atoms with Crippen LogP contribution in [-0.4, -0.2) is 62.9 Å². The lowest BCUT2D eigenvalue weighted by Gasteiger charge is -2.44. The Morgan fingerprint density at radius 2 is 1.53 bits per heavy atom. The monoisotopic (exact) mass is 735 g/mol. The second-order valence-corrected chi connectivity index (χ2v) is 25.7. The number of hydrogen-bond donors (Lipinski definition) is 1. The molecule has 1 aliphatic rings. The number of aliphatic hydroxyl groups is 1. The van der Waals surface area contributed by atoms with Crippen molar-refractivity contribution in [2.24, 2.45) is 17.3 Å². The van der Waals surface area contributed by atoms with Crippen LogP contribution in [0, 0.1) is 24.2 Å². The second kappa shape index (κ2) is 19.4. The zero-order valence-corrected chi connectivity index (χ0v) is 35.9. The molecule has 0 amide bonds. The first kappa shape index (κ1) is 43.7. The van der Waals surface area contributed by atoms with Crippen molar-refractivity contribution in [1.29, 1.82) is 0 Å². The Labute approximate surface area is 305 Å². The van der Waals surface area contributed by atoms with Crippen LogP contribution in [0.3, 0.4) is 0 Å². The number of cyclic esters (lactones) is 1. The van der Waals surface area contributed by atoms with E-state index in [1.807, 2.05) is 59.1 Å². The Morgan fingerprint density at radius 1 is 0.980 bits per heavy atom. The van der Waals surface area contributed by atoms with Gasteiger partial charge in [-0.25, -0.2) is 4.98 Å². The third-order valence-electron chi connectivity index (χ3n) is 11.8. The summed E-state index contributed by atoms with van der Waals surface area (Å²) >= 11 is 1.58. The largest absolute Gasteiger partial charge is 0.457 e. The predicted molar refractivity (Wildman–Crippen MR) is 210 cm³/mol. The smallest absolute Gasteiger partial charge is 0.309 e. The average Bonchev–Trinajstić information content (AvgIpc) is 3.50. The van der Waals surface area contributed by atoms with Crippen molar-refractivity contribution in [3.63, 3.8) is 0 Å². The van der Waals surface area contributed by atoms with E-state index < -0.39 is 46.3 Å².